The van der Waals surface area contributed by atoms with E-state index in [2.05, 4.69) is 22.1 Å². The van der Waals surface area contributed by atoms with Crippen molar-refractivity contribution in [3.8, 4) is 5.75 Å². The zero-order chi connectivity index (χ0) is 28.3. The number of piperidine rings is 1. The van der Waals surface area contributed by atoms with Crippen LogP contribution < -0.4 is 15.6 Å². The molecular formula is C27H32Cl2N4O5S. The summed E-state index contributed by atoms with van der Waals surface area (Å²) in [4.78, 5) is 30.3. The third kappa shape index (κ3) is 6.93. The highest BCUT2D eigenvalue weighted by atomic mass is 35.5. The second-order valence-corrected chi connectivity index (χ2v) is 13.0. The maximum absolute atomic E-state index is 13.0. The van der Waals surface area contributed by atoms with E-state index in [-0.39, 0.29) is 33.8 Å². The van der Waals surface area contributed by atoms with E-state index in [0.717, 1.165) is 36.8 Å². The van der Waals surface area contributed by atoms with Crippen LogP contribution in [0, 0.1) is 5.92 Å². The molecule has 0 saturated carbocycles. The van der Waals surface area contributed by atoms with Gasteiger partial charge in [0, 0.05) is 63.3 Å². The molecule has 1 amide bonds. The number of pyridine rings is 1. The molecule has 2 heterocycles. The standard InChI is InChI=1S/C27H32Cl2N4O5S/c1-17(16-33-10-8-18(9-11-33)38-19-4-7-24(28)25(29)12-19)14-30-27(35)23-15-31-26(34)22-13-20(5-6-21(22)23)39(36,37)32(2)3/h4-7,12-13,15,17-18H,8-11,14,16H2,1-3H3,(H,30,35)(H,31,34)/t17-/m1/s1. The summed E-state index contributed by atoms with van der Waals surface area (Å²) < 4.78 is 32.1. The first-order valence-corrected chi connectivity index (χ1v) is 14.9. The molecule has 2 N–H and O–H groups in total. The highest BCUT2D eigenvalue weighted by Crippen LogP contribution is 2.28. The molecule has 1 aliphatic heterocycles. The number of H-pyrrole nitrogens is 1. The van der Waals surface area contributed by atoms with Crippen molar-refractivity contribution in [2.45, 2.75) is 30.8 Å². The minimum absolute atomic E-state index is 0.0113. The first-order chi connectivity index (χ1) is 18.5. The second kappa shape index (κ2) is 12.3. The Morgan fingerprint density at radius 2 is 1.85 bits per heavy atom. The lowest BCUT2D eigenvalue weighted by atomic mass is 10.0. The molecule has 0 radical (unpaired) electrons. The van der Waals surface area contributed by atoms with Crippen LogP contribution in [-0.4, -0.2) is 74.9 Å². The third-order valence-electron chi connectivity index (χ3n) is 6.81. The molecule has 0 bridgehead atoms. The number of rotatable bonds is 9. The van der Waals surface area contributed by atoms with Crippen LogP contribution >= 0.6 is 23.2 Å². The fraction of sp³-hybridized carbons (Fsp3) is 0.407. The van der Waals surface area contributed by atoms with E-state index in [1.165, 1.54) is 38.5 Å². The number of ether oxygens (including phenoxy) is 1. The molecule has 12 heteroatoms. The van der Waals surface area contributed by atoms with Gasteiger partial charge in [0.05, 0.1) is 20.5 Å². The van der Waals surface area contributed by atoms with Crippen molar-refractivity contribution < 1.29 is 17.9 Å². The van der Waals surface area contributed by atoms with Gasteiger partial charge < -0.3 is 19.9 Å². The summed E-state index contributed by atoms with van der Waals surface area (Å²) in [6.07, 6.45) is 3.24. The van der Waals surface area contributed by atoms with Crippen molar-refractivity contribution >= 4 is 49.9 Å². The van der Waals surface area contributed by atoms with Crippen LogP contribution in [-0.2, 0) is 10.0 Å². The molecule has 1 atom stereocenters. The van der Waals surface area contributed by atoms with Crippen LogP contribution in [0.1, 0.15) is 30.1 Å². The van der Waals surface area contributed by atoms with Crippen LogP contribution in [0.2, 0.25) is 10.0 Å². The Kier molecular flexibility index (Phi) is 9.23. The van der Waals surface area contributed by atoms with Crippen LogP contribution in [0.5, 0.6) is 5.75 Å². The van der Waals surface area contributed by atoms with Gasteiger partial charge in [0.25, 0.3) is 11.5 Å². The fourth-order valence-corrected chi connectivity index (χ4v) is 5.83. The molecule has 2 aromatic carbocycles. The maximum Gasteiger partial charge on any atom is 0.255 e. The van der Waals surface area contributed by atoms with Gasteiger partial charge in [-0.25, -0.2) is 12.7 Å². The number of aromatic amines is 1. The van der Waals surface area contributed by atoms with Crippen LogP contribution in [0.25, 0.3) is 10.8 Å². The molecule has 1 saturated heterocycles. The van der Waals surface area contributed by atoms with Crippen molar-refractivity contribution in [1.82, 2.24) is 19.5 Å². The second-order valence-electron chi connectivity index (χ2n) is 10.0. The van der Waals surface area contributed by atoms with Gasteiger partial charge in [0.15, 0.2) is 0 Å². The van der Waals surface area contributed by atoms with Crippen molar-refractivity contribution in [2.75, 3.05) is 40.3 Å². The number of carbonyl (C=O) groups excluding carboxylic acids is 1. The van der Waals surface area contributed by atoms with Gasteiger partial charge in [-0.2, -0.15) is 0 Å². The number of aromatic nitrogens is 1. The molecule has 9 nitrogen and oxygen atoms in total. The predicted molar refractivity (Wildman–Crippen MR) is 153 cm³/mol. The quantitative estimate of drug-likeness (QED) is 0.387. The van der Waals surface area contributed by atoms with Gasteiger partial charge in [-0.05, 0) is 43.0 Å². The molecule has 0 unspecified atom stereocenters. The van der Waals surface area contributed by atoms with Crippen molar-refractivity contribution in [3.63, 3.8) is 0 Å². The number of nitrogens with one attached hydrogen (secondary N) is 2. The molecule has 4 rings (SSSR count). The largest absolute Gasteiger partial charge is 0.490 e. The number of likely N-dealkylation sites (tertiary alicyclic amines) is 1. The number of fused-ring (bicyclic) bond motifs is 1. The van der Waals surface area contributed by atoms with Gasteiger partial charge in [-0.3, -0.25) is 9.59 Å². The molecule has 3 aromatic rings. The minimum atomic E-state index is -3.72. The SMILES string of the molecule is C[C@H](CNC(=O)c1c[nH]c(=O)c2cc(S(=O)(=O)N(C)C)ccc12)CN1CCC(Oc2ccc(Cl)c(Cl)c2)CC1. The Morgan fingerprint density at radius 3 is 2.51 bits per heavy atom. The summed E-state index contributed by atoms with van der Waals surface area (Å²) in [5, 5.41) is 4.46. The molecule has 1 fully saturated rings. The Bertz CT molecular complexity index is 1520. The Labute approximate surface area is 238 Å². The van der Waals surface area contributed by atoms with Gasteiger partial charge in [-0.15, -0.1) is 0 Å². The zero-order valence-corrected chi connectivity index (χ0v) is 24.4. The Morgan fingerprint density at radius 1 is 1.13 bits per heavy atom. The first-order valence-electron chi connectivity index (χ1n) is 12.7. The summed E-state index contributed by atoms with van der Waals surface area (Å²) in [6, 6.07) is 9.50. The van der Waals surface area contributed by atoms with Crippen molar-refractivity contribution in [1.29, 1.82) is 0 Å². The summed E-state index contributed by atoms with van der Waals surface area (Å²) in [5.41, 5.74) is -0.178. The lowest BCUT2D eigenvalue weighted by Gasteiger charge is -2.33. The van der Waals surface area contributed by atoms with Crippen LogP contribution in [0.3, 0.4) is 0 Å². The van der Waals surface area contributed by atoms with E-state index in [9.17, 15) is 18.0 Å². The average Bonchev–Trinajstić information content (AvgIpc) is 2.90. The van der Waals surface area contributed by atoms with E-state index in [1.807, 2.05) is 6.07 Å². The number of carbonyl (C=O) groups is 1. The smallest absolute Gasteiger partial charge is 0.255 e. The molecular weight excluding hydrogens is 563 g/mol. The van der Waals surface area contributed by atoms with E-state index in [4.69, 9.17) is 27.9 Å². The molecule has 39 heavy (non-hydrogen) atoms. The highest BCUT2D eigenvalue weighted by Gasteiger charge is 2.23. The van der Waals surface area contributed by atoms with Gasteiger partial charge in [-0.1, -0.05) is 36.2 Å². The monoisotopic (exact) mass is 594 g/mol. The topological polar surface area (TPSA) is 112 Å². The third-order valence-corrected chi connectivity index (χ3v) is 9.36. The summed E-state index contributed by atoms with van der Waals surface area (Å²) >= 11 is 12.1. The predicted octanol–water partition coefficient (Wildman–Crippen LogP) is 3.99. The number of hydrogen-bond acceptors (Lipinski definition) is 6. The number of hydrogen-bond donors (Lipinski definition) is 2. The minimum Gasteiger partial charge on any atom is -0.490 e. The van der Waals surface area contributed by atoms with E-state index in [0.29, 0.717) is 27.7 Å². The van der Waals surface area contributed by atoms with E-state index in [1.54, 1.807) is 12.1 Å². The van der Waals surface area contributed by atoms with Gasteiger partial charge in [0.1, 0.15) is 11.9 Å². The number of benzene rings is 2. The van der Waals surface area contributed by atoms with Crippen LogP contribution in [0.15, 0.2) is 52.3 Å². The zero-order valence-electron chi connectivity index (χ0n) is 22.0. The summed E-state index contributed by atoms with van der Waals surface area (Å²) in [6.45, 7) is 5.10. The Hall–Kier alpha value is -2.63. The van der Waals surface area contributed by atoms with Gasteiger partial charge in [0.2, 0.25) is 10.0 Å². The number of halogens is 2. The lowest BCUT2D eigenvalue weighted by molar-refractivity contribution is 0.0886. The Balaban J connectivity index is 1.31. The molecule has 0 spiro atoms. The number of nitrogens with zero attached hydrogens (tertiary/aromatic N) is 2. The van der Waals surface area contributed by atoms with Crippen molar-refractivity contribution in [3.05, 3.63) is 68.6 Å². The highest BCUT2D eigenvalue weighted by molar-refractivity contribution is 7.89. The van der Waals surface area contributed by atoms with E-state index >= 15 is 0 Å². The van der Waals surface area contributed by atoms with E-state index < -0.39 is 15.6 Å². The van der Waals surface area contributed by atoms with Crippen molar-refractivity contribution in [2.24, 2.45) is 5.92 Å². The normalized spacial score (nSPS) is 15.9. The first kappa shape index (κ1) is 29.4. The maximum atomic E-state index is 13.0. The summed E-state index contributed by atoms with van der Waals surface area (Å²) in [5.74, 6) is 0.566. The van der Waals surface area contributed by atoms with Crippen LogP contribution in [0.4, 0.5) is 0 Å². The molecule has 210 valence electrons. The lowest BCUT2D eigenvalue weighted by Crippen LogP contribution is -2.42. The molecule has 0 aliphatic carbocycles. The number of amides is 1. The van der Waals surface area contributed by atoms with Gasteiger partial charge >= 0.3 is 0 Å². The molecule has 1 aliphatic rings. The average molecular weight is 596 g/mol. The molecule has 1 aromatic heterocycles. The summed E-state index contributed by atoms with van der Waals surface area (Å²) in [7, 11) is -0.881. The fourth-order valence-electron chi connectivity index (χ4n) is 4.62. The number of sulfonamides is 1.